The van der Waals surface area contributed by atoms with Gasteiger partial charge >= 0.3 is 0 Å². The normalized spacial score (nSPS) is 22.4. The van der Waals surface area contributed by atoms with Gasteiger partial charge in [0.05, 0.1) is 6.54 Å². The monoisotopic (exact) mass is 406 g/mol. The minimum absolute atomic E-state index is 0. The Labute approximate surface area is 171 Å². The lowest BCUT2D eigenvalue weighted by atomic mass is 10.0. The number of piperidine rings is 1. The predicted octanol–water partition coefficient (Wildman–Crippen LogP) is 1.49. The topological polar surface area (TPSA) is 81.8 Å². The number of halogens is 1. The molecule has 152 valence electrons. The summed E-state index contributed by atoms with van der Waals surface area (Å²) in [6.45, 7) is 3.16. The van der Waals surface area contributed by atoms with Crippen LogP contribution in [-0.4, -0.2) is 66.3 Å². The largest absolute Gasteiger partial charge is 0.337 e. The fourth-order valence-corrected chi connectivity index (χ4v) is 3.90. The second kappa shape index (κ2) is 8.92. The number of hydrogen-bond acceptors (Lipinski definition) is 4. The van der Waals surface area contributed by atoms with Crippen molar-refractivity contribution in [3.8, 4) is 0 Å². The number of hydrogen-bond donors (Lipinski definition) is 2. The van der Waals surface area contributed by atoms with Crippen molar-refractivity contribution >= 4 is 35.8 Å². The van der Waals surface area contributed by atoms with E-state index in [0.717, 1.165) is 32.2 Å². The number of rotatable bonds is 4. The van der Waals surface area contributed by atoms with E-state index < -0.39 is 0 Å². The quantitative estimate of drug-likeness (QED) is 0.793. The molecule has 2 N–H and O–H groups in total. The van der Waals surface area contributed by atoms with Gasteiger partial charge in [0.1, 0.15) is 0 Å². The van der Waals surface area contributed by atoms with E-state index >= 15 is 0 Å². The minimum atomic E-state index is -0.0372. The molecule has 28 heavy (non-hydrogen) atoms. The molecule has 2 aliphatic heterocycles. The molecule has 1 saturated carbocycles. The number of carbonyl (C=O) groups excluding carboxylic acids is 3. The highest BCUT2D eigenvalue weighted by molar-refractivity contribution is 5.98. The van der Waals surface area contributed by atoms with Crippen LogP contribution in [0.5, 0.6) is 0 Å². The summed E-state index contributed by atoms with van der Waals surface area (Å²) >= 11 is 0. The van der Waals surface area contributed by atoms with E-state index in [4.69, 9.17) is 0 Å². The predicted molar refractivity (Wildman–Crippen MR) is 109 cm³/mol. The van der Waals surface area contributed by atoms with Gasteiger partial charge in [0.25, 0.3) is 5.91 Å². The molecule has 0 radical (unpaired) electrons. The van der Waals surface area contributed by atoms with Crippen LogP contribution in [0.1, 0.15) is 36.0 Å². The molecule has 7 nitrogen and oxygen atoms in total. The van der Waals surface area contributed by atoms with Gasteiger partial charge < -0.3 is 20.4 Å². The van der Waals surface area contributed by atoms with Crippen molar-refractivity contribution in [2.45, 2.75) is 31.7 Å². The first-order chi connectivity index (χ1) is 13.1. The van der Waals surface area contributed by atoms with Gasteiger partial charge in [-0.05, 0) is 43.9 Å². The first-order valence-corrected chi connectivity index (χ1v) is 9.82. The van der Waals surface area contributed by atoms with Crippen molar-refractivity contribution in [2.24, 2.45) is 5.92 Å². The van der Waals surface area contributed by atoms with E-state index in [-0.39, 0.29) is 42.1 Å². The summed E-state index contributed by atoms with van der Waals surface area (Å²) in [6, 6.07) is 7.25. The highest BCUT2D eigenvalue weighted by atomic mass is 35.5. The summed E-state index contributed by atoms with van der Waals surface area (Å²) < 4.78 is 0. The van der Waals surface area contributed by atoms with Crippen LogP contribution in [-0.2, 0) is 9.59 Å². The number of nitrogens with one attached hydrogen (secondary N) is 2. The second-order valence-electron chi connectivity index (χ2n) is 7.66. The van der Waals surface area contributed by atoms with Crippen LogP contribution >= 0.6 is 12.4 Å². The average molecular weight is 407 g/mol. The highest BCUT2D eigenvalue weighted by Crippen LogP contribution is 2.30. The average Bonchev–Trinajstić information content (AvgIpc) is 3.53. The van der Waals surface area contributed by atoms with Crippen LogP contribution in [0.2, 0.25) is 0 Å². The Morgan fingerprint density at radius 1 is 1.14 bits per heavy atom. The maximum Gasteiger partial charge on any atom is 0.253 e. The lowest BCUT2D eigenvalue weighted by Crippen LogP contribution is -2.57. The van der Waals surface area contributed by atoms with Crippen molar-refractivity contribution in [1.29, 1.82) is 0 Å². The van der Waals surface area contributed by atoms with Crippen LogP contribution in [0.3, 0.4) is 0 Å². The van der Waals surface area contributed by atoms with Crippen LogP contribution in [0.4, 0.5) is 5.69 Å². The van der Waals surface area contributed by atoms with Gasteiger partial charge in [-0.1, -0.05) is 6.07 Å². The zero-order chi connectivity index (χ0) is 18.8. The Balaban J connectivity index is 0.00000225. The molecule has 2 saturated heterocycles. The zero-order valence-corrected chi connectivity index (χ0v) is 16.7. The molecule has 1 atom stereocenters. The maximum atomic E-state index is 13.0. The van der Waals surface area contributed by atoms with E-state index in [1.54, 1.807) is 18.2 Å². The molecule has 4 rings (SSSR count). The van der Waals surface area contributed by atoms with Crippen molar-refractivity contribution < 1.29 is 14.4 Å². The van der Waals surface area contributed by atoms with Gasteiger partial charge in [-0.3, -0.25) is 14.4 Å². The third-order valence-electron chi connectivity index (χ3n) is 5.58. The Morgan fingerprint density at radius 3 is 2.71 bits per heavy atom. The summed E-state index contributed by atoms with van der Waals surface area (Å²) in [5, 5.41) is 5.99. The van der Waals surface area contributed by atoms with Gasteiger partial charge in [0, 0.05) is 49.4 Å². The molecule has 3 amide bonds. The molecule has 0 bridgehead atoms. The third kappa shape index (κ3) is 4.64. The first kappa shape index (κ1) is 20.6. The molecule has 0 spiro atoms. The SMILES string of the molecule is Cl.O=C(Nc1cccc(C(=O)N2CCCC(N3CCNCC3=O)C2)c1)C1CC1. The van der Waals surface area contributed by atoms with Crippen molar-refractivity contribution in [3.63, 3.8) is 0 Å². The van der Waals surface area contributed by atoms with Crippen LogP contribution < -0.4 is 10.6 Å². The van der Waals surface area contributed by atoms with Crippen LogP contribution in [0.25, 0.3) is 0 Å². The summed E-state index contributed by atoms with van der Waals surface area (Å²) in [7, 11) is 0. The van der Waals surface area contributed by atoms with Crippen molar-refractivity contribution in [1.82, 2.24) is 15.1 Å². The molecule has 3 fully saturated rings. The number of piperazine rings is 1. The number of nitrogens with zero attached hydrogens (tertiary/aromatic N) is 2. The molecule has 0 aromatic heterocycles. The molecule has 1 aromatic carbocycles. The van der Waals surface area contributed by atoms with Gasteiger partial charge in [-0.2, -0.15) is 0 Å². The van der Waals surface area contributed by atoms with Gasteiger partial charge in [-0.15, -0.1) is 12.4 Å². The third-order valence-corrected chi connectivity index (χ3v) is 5.58. The van der Waals surface area contributed by atoms with E-state index in [1.165, 1.54) is 0 Å². The summed E-state index contributed by atoms with van der Waals surface area (Å²) in [5.41, 5.74) is 1.25. The molecule has 2 heterocycles. The lowest BCUT2D eigenvalue weighted by Gasteiger charge is -2.41. The molecule has 8 heteroatoms. The van der Waals surface area contributed by atoms with Crippen molar-refractivity contribution in [3.05, 3.63) is 29.8 Å². The van der Waals surface area contributed by atoms with Gasteiger partial charge in [-0.25, -0.2) is 0 Å². The molecular formula is C20H27ClN4O3. The summed E-state index contributed by atoms with van der Waals surface area (Å²) in [6.07, 6.45) is 3.73. The fourth-order valence-electron chi connectivity index (χ4n) is 3.90. The summed E-state index contributed by atoms with van der Waals surface area (Å²) in [5.74, 6) is 0.244. The van der Waals surface area contributed by atoms with Crippen molar-refractivity contribution in [2.75, 3.05) is 38.0 Å². The Kier molecular flexibility index (Phi) is 6.57. The fraction of sp³-hybridized carbons (Fsp3) is 0.550. The number of anilines is 1. The van der Waals surface area contributed by atoms with Crippen LogP contribution in [0, 0.1) is 5.92 Å². The minimum Gasteiger partial charge on any atom is -0.337 e. The van der Waals surface area contributed by atoms with E-state index in [2.05, 4.69) is 10.6 Å². The second-order valence-corrected chi connectivity index (χ2v) is 7.66. The highest BCUT2D eigenvalue weighted by Gasteiger charge is 2.32. The molecule has 3 aliphatic rings. The zero-order valence-electron chi connectivity index (χ0n) is 15.9. The Bertz CT molecular complexity index is 753. The molecule has 1 unspecified atom stereocenters. The van der Waals surface area contributed by atoms with Crippen LogP contribution in [0.15, 0.2) is 24.3 Å². The molecule has 1 aromatic rings. The van der Waals surface area contributed by atoms with Gasteiger partial charge in [0.15, 0.2) is 0 Å². The Hall–Kier alpha value is -2.12. The molecule has 1 aliphatic carbocycles. The number of carbonyl (C=O) groups is 3. The number of likely N-dealkylation sites (tertiary alicyclic amines) is 1. The number of benzene rings is 1. The van der Waals surface area contributed by atoms with E-state index in [1.807, 2.05) is 15.9 Å². The standard InChI is InChI=1S/C20H26N4O3.ClH/c25-18-12-21-8-10-24(18)17-5-2-9-23(13-17)20(27)15-3-1-4-16(11-15)22-19(26)14-6-7-14;/h1,3-4,11,14,17,21H,2,5-10,12-13H2,(H,22,26);1H. The lowest BCUT2D eigenvalue weighted by molar-refractivity contribution is -0.135. The van der Waals surface area contributed by atoms with Gasteiger partial charge in [0.2, 0.25) is 11.8 Å². The first-order valence-electron chi connectivity index (χ1n) is 9.82. The van der Waals surface area contributed by atoms with E-state index in [9.17, 15) is 14.4 Å². The maximum absolute atomic E-state index is 13.0. The van der Waals surface area contributed by atoms with E-state index in [0.29, 0.717) is 37.4 Å². The number of amides is 3. The summed E-state index contributed by atoms with van der Waals surface area (Å²) in [4.78, 5) is 40.9. The molecular weight excluding hydrogens is 380 g/mol. The smallest absolute Gasteiger partial charge is 0.253 e. The Morgan fingerprint density at radius 2 is 1.96 bits per heavy atom.